The number of carbonyl (C=O) groups is 1. The maximum absolute atomic E-state index is 13.6. The quantitative estimate of drug-likeness (QED) is 0.584. The number of ether oxygens (including phenoxy) is 1. The predicted octanol–water partition coefficient (Wildman–Crippen LogP) is 5.04. The van der Waals surface area contributed by atoms with Gasteiger partial charge in [-0.1, -0.05) is 54.6 Å². The molecular formula is C24H25FN2O2. The normalized spacial score (nSPS) is 11.9. The fourth-order valence-electron chi connectivity index (χ4n) is 3.31. The highest BCUT2D eigenvalue weighted by Gasteiger charge is 2.26. The van der Waals surface area contributed by atoms with E-state index in [0.717, 1.165) is 11.1 Å². The van der Waals surface area contributed by atoms with Crippen LogP contribution in [0.3, 0.4) is 0 Å². The number of nitrogens with zero attached hydrogens (tertiary/aromatic N) is 1. The van der Waals surface area contributed by atoms with Gasteiger partial charge in [0, 0.05) is 6.54 Å². The summed E-state index contributed by atoms with van der Waals surface area (Å²) in [6.45, 7) is 2.84. The van der Waals surface area contributed by atoms with Crippen LogP contribution in [0, 0.1) is 5.82 Å². The third-order valence-corrected chi connectivity index (χ3v) is 4.57. The van der Waals surface area contributed by atoms with E-state index in [2.05, 4.69) is 5.32 Å². The fraction of sp³-hybridized carbons (Fsp3) is 0.208. The Morgan fingerprint density at radius 2 is 1.76 bits per heavy atom. The Balaban J connectivity index is 1.86. The van der Waals surface area contributed by atoms with Gasteiger partial charge in [0.25, 0.3) is 0 Å². The van der Waals surface area contributed by atoms with Gasteiger partial charge in [-0.15, -0.1) is 0 Å². The number of halogens is 1. The molecule has 0 aliphatic carbocycles. The van der Waals surface area contributed by atoms with Crippen LogP contribution in [0.25, 0.3) is 0 Å². The average Bonchev–Trinajstić information content (AvgIpc) is 2.70. The molecule has 150 valence electrons. The average molecular weight is 392 g/mol. The molecule has 0 fully saturated rings. The van der Waals surface area contributed by atoms with Gasteiger partial charge in [0.05, 0.1) is 12.3 Å². The van der Waals surface area contributed by atoms with Gasteiger partial charge in [-0.3, -0.25) is 9.69 Å². The lowest BCUT2D eigenvalue weighted by molar-refractivity contribution is -0.121. The zero-order chi connectivity index (χ0) is 20.6. The molecule has 0 unspecified atom stereocenters. The second-order valence-electron chi connectivity index (χ2n) is 6.78. The number of rotatable bonds is 8. The molecule has 0 heterocycles. The third-order valence-electron chi connectivity index (χ3n) is 4.57. The molecule has 0 aliphatic rings. The van der Waals surface area contributed by atoms with Gasteiger partial charge in [0.15, 0.2) is 0 Å². The molecule has 0 saturated carbocycles. The van der Waals surface area contributed by atoms with Crippen LogP contribution in [0.1, 0.15) is 24.1 Å². The summed E-state index contributed by atoms with van der Waals surface area (Å²) < 4.78 is 19.2. The molecule has 29 heavy (non-hydrogen) atoms. The molecule has 0 spiro atoms. The first-order valence-electron chi connectivity index (χ1n) is 9.60. The Morgan fingerprint density at radius 3 is 2.48 bits per heavy atom. The van der Waals surface area contributed by atoms with Crippen molar-refractivity contribution in [1.29, 1.82) is 0 Å². The summed E-state index contributed by atoms with van der Waals surface area (Å²) in [5, 5.41) is 2.99. The molecule has 0 aromatic heterocycles. The minimum Gasteiger partial charge on any atom is -0.492 e. The number of nitrogens with one attached hydrogen (secondary N) is 1. The van der Waals surface area contributed by atoms with Gasteiger partial charge in [-0.2, -0.15) is 0 Å². The Bertz CT molecular complexity index is 946. The van der Waals surface area contributed by atoms with E-state index < -0.39 is 6.04 Å². The van der Waals surface area contributed by atoms with Crippen molar-refractivity contribution in [2.45, 2.75) is 19.5 Å². The standard InChI is InChI=1S/C24H25FN2O2/c1-3-29-22-15-8-7-14-21(22)26-24(28)23(19-11-5-4-6-12-19)27(2)17-18-10-9-13-20(25)16-18/h4-16,23H,3,17H2,1-2H3,(H,26,28)/t23-/m0/s1. The number of amides is 1. The van der Waals surface area contributed by atoms with Crippen LogP contribution in [0.15, 0.2) is 78.9 Å². The highest BCUT2D eigenvalue weighted by molar-refractivity contribution is 5.96. The van der Waals surface area contributed by atoms with E-state index in [9.17, 15) is 9.18 Å². The first-order chi connectivity index (χ1) is 14.1. The molecule has 3 aromatic carbocycles. The fourth-order valence-corrected chi connectivity index (χ4v) is 3.31. The second-order valence-corrected chi connectivity index (χ2v) is 6.78. The Kier molecular flexibility index (Phi) is 6.98. The van der Waals surface area contributed by atoms with Crippen molar-refractivity contribution >= 4 is 11.6 Å². The number of para-hydroxylation sites is 2. The molecule has 3 aromatic rings. The SMILES string of the molecule is CCOc1ccccc1NC(=O)[C@H](c1ccccc1)N(C)Cc1cccc(F)c1. The van der Waals surface area contributed by atoms with E-state index in [-0.39, 0.29) is 11.7 Å². The summed E-state index contributed by atoms with van der Waals surface area (Å²) >= 11 is 0. The van der Waals surface area contributed by atoms with Crippen LogP contribution < -0.4 is 10.1 Å². The lowest BCUT2D eigenvalue weighted by atomic mass is 10.0. The smallest absolute Gasteiger partial charge is 0.246 e. The topological polar surface area (TPSA) is 41.6 Å². The maximum atomic E-state index is 13.6. The summed E-state index contributed by atoms with van der Waals surface area (Å²) in [6.07, 6.45) is 0. The molecule has 5 heteroatoms. The molecule has 3 rings (SSSR count). The van der Waals surface area contributed by atoms with Crippen molar-refractivity contribution in [3.05, 3.63) is 95.8 Å². The lowest BCUT2D eigenvalue weighted by Gasteiger charge is -2.28. The van der Waals surface area contributed by atoms with E-state index in [0.29, 0.717) is 24.6 Å². The Labute approximate surface area is 170 Å². The molecule has 4 nitrogen and oxygen atoms in total. The summed E-state index contributed by atoms with van der Waals surface area (Å²) in [7, 11) is 1.86. The summed E-state index contributed by atoms with van der Waals surface area (Å²) in [4.78, 5) is 15.2. The summed E-state index contributed by atoms with van der Waals surface area (Å²) in [5.41, 5.74) is 2.29. The summed E-state index contributed by atoms with van der Waals surface area (Å²) in [5.74, 6) is 0.160. The highest BCUT2D eigenvalue weighted by Crippen LogP contribution is 2.28. The molecule has 1 N–H and O–H groups in total. The minimum absolute atomic E-state index is 0.178. The maximum Gasteiger partial charge on any atom is 0.246 e. The van der Waals surface area contributed by atoms with Crippen LogP contribution in [0.4, 0.5) is 10.1 Å². The molecule has 0 bridgehead atoms. The highest BCUT2D eigenvalue weighted by atomic mass is 19.1. The lowest BCUT2D eigenvalue weighted by Crippen LogP contribution is -2.34. The van der Waals surface area contributed by atoms with Crippen LogP contribution in [0.5, 0.6) is 5.75 Å². The Hall–Kier alpha value is -3.18. The number of anilines is 1. The number of hydrogen-bond donors (Lipinski definition) is 1. The second kappa shape index (κ2) is 9.85. The van der Waals surface area contributed by atoms with Crippen molar-refractivity contribution in [3.63, 3.8) is 0 Å². The first-order valence-corrected chi connectivity index (χ1v) is 9.60. The first kappa shape index (κ1) is 20.6. The van der Waals surface area contributed by atoms with Gasteiger partial charge in [-0.25, -0.2) is 4.39 Å². The van der Waals surface area contributed by atoms with E-state index >= 15 is 0 Å². The molecule has 0 aliphatic heterocycles. The van der Waals surface area contributed by atoms with Crippen LogP contribution in [-0.4, -0.2) is 24.5 Å². The zero-order valence-electron chi connectivity index (χ0n) is 16.6. The monoisotopic (exact) mass is 392 g/mol. The molecule has 0 saturated heterocycles. The van der Waals surface area contributed by atoms with E-state index in [1.807, 2.05) is 79.5 Å². The minimum atomic E-state index is -0.547. The largest absolute Gasteiger partial charge is 0.492 e. The molecular weight excluding hydrogens is 367 g/mol. The van der Waals surface area contributed by atoms with Crippen molar-refractivity contribution in [1.82, 2.24) is 4.90 Å². The number of likely N-dealkylation sites (N-methyl/N-ethyl adjacent to an activating group) is 1. The number of benzene rings is 3. The molecule has 0 radical (unpaired) electrons. The molecule has 1 amide bonds. The number of carbonyl (C=O) groups excluding carboxylic acids is 1. The van der Waals surface area contributed by atoms with Crippen LogP contribution in [0.2, 0.25) is 0 Å². The van der Waals surface area contributed by atoms with Crippen molar-refractivity contribution < 1.29 is 13.9 Å². The van der Waals surface area contributed by atoms with Gasteiger partial charge < -0.3 is 10.1 Å². The van der Waals surface area contributed by atoms with E-state index in [4.69, 9.17) is 4.74 Å². The van der Waals surface area contributed by atoms with E-state index in [1.165, 1.54) is 12.1 Å². The van der Waals surface area contributed by atoms with Gasteiger partial charge in [-0.05, 0) is 49.4 Å². The van der Waals surface area contributed by atoms with Crippen LogP contribution in [-0.2, 0) is 11.3 Å². The van der Waals surface area contributed by atoms with Crippen molar-refractivity contribution in [3.8, 4) is 5.75 Å². The van der Waals surface area contributed by atoms with E-state index in [1.54, 1.807) is 6.07 Å². The van der Waals surface area contributed by atoms with Gasteiger partial charge >= 0.3 is 0 Å². The van der Waals surface area contributed by atoms with Gasteiger partial charge in [0.2, 0.25) is 5.91 Å². The van der Waals surface area contributed by atoms with Crippen molar-refractivity contribution in [2.24, 2.45) is 0 Å². The predicted molar refractivity (Wildman–Crippen MR) is 113 cm³/mol. The third kappa shape index (κ3) is 5.42. The number of hydrogen-bond acceptors (Lipinski definition) is 3. The Morgan fingerprint density at radius 1 is 1.03 bits per heavy atom. The zero-order valence-corrected chi connectivity index (χ0v) is 16.6. The molecule has 1 atom stereocenters. The van der Waals surface area contributed by atoms with Gasteiger partial charge in [0.1, 0.15) is 17.6 Å². The van der Waals surface area contributed by atoms with Crippen LogP contribution >= 0.6 is 0 Å². The summed E-state index contributed by atoms with van der Waals surface area (Å²) in [6, 6.07) is 22.8. The van der Waals surface area contributed by atoms with Crippen molar-refractivity contribution in [2.75, 3.05) is 19.0 Å².